The summed E-state index contributed by atoms with van der Waals surface area (Å²) in [7, 11) is -0.682. The van der Waals surface area contributed by atoms with Crippen LogP contribution in [0.2, 0.25) is 0 Å². The van der Waals surface area contributed by atoms with E-state index in [2.05, 4.69) is 11.3 Å². The van der Waals surface area contributed by atoms with Crippen molar-refractivity contribution in [2.45, 2.75) is 4.90 Å². The van der Waals surface area contributed by atoms with Crippen LogP contribution in [0, 0.1) is 0 Å². The van der Waals surface area contributed by atoms with Crippen LogP contribution in [0.15, 0.2) is 53.9 Å². The molecule has 0 spiro atoms. The van der Waals surface area contributed by atoms with Crippen molar-refractivity contribution in [3.8, 4) is 11.5 Å². The predicted molar refractivity (Wildman–Crippen MR) is 86.9 cm³/mol. The maximum Gasteiger partial charge on any atom is 0.261 e. The summed E-state index contributed by atoms with van der Waals surface area (Å²) in [6.45, 7) is 3.64. The van der Waals surface area contributed by atoms with Crippen molar-refractivity contribution >= 4 is 21.8 Å². The summed E-state index contributed by atoms with van der Waals surface area (Å²) < 4.78 is 37.5. The highest BCUT2D eigenvalue weighted by Gasteiger charge is 2.15. The lowest BCUT2D eigenvalue weighted by Gasteiger charge is -2.11. The van der Waals surface area contributed by atoms with Crippen LogP contribution < -0.4 is 14.2 Å². The van der Waals surface area contributed by atoms with Gasteiger partial charge in [0.05, 0.1) is 24.8 Å². The van der Waals surface area contributed by atoms with Gasteiger partial charge in [-0.2, -0.15) is 0 Å². The number of rotatable bonds is 6. The first-order chi connectivity index (χ1) is 10.5. The van der Waals surface area contributed by atoms with E-state index >= 15 is 0 Å². The van der Waals surface area contributed by atoms with Crippen LogP contribution in [0.3, 0.4) is 0 Å². The quantitative estimate of drug-likeness (QED) is 0.888. The average Bonchev–Trinajstić information content (AvgIpc) is 2.54. The van der Waals surface area contributed by atoms with E-state index in [1.54, 1.807) is 36.4 Å². The minimum atomic E-state index is -3.68. The molecule has 0 saturated carbocycles. The Labute approximate surface area is 130 Å². The van der Waals surface area contributed by atoms with Crippen molar-refractivity contribution < 1.29 is 17.9 Å². The molecule has 0 atom stereocenters. The number of hydrogen-bond donors (Lipinski definition) is 1. The minimum absolute atomic E-state index is 0.167. The summed E-state index contributed by atoms with van der Waals surface area (Å²) in [5, 5.41) is 0. The van der Waals surface area contributed by atoms with Crippen molar-refractivity contribution in [3.05, 3.63) is 54.6 Å². The van der Waals surface area contributed by atoms with Gasteiger partial charge in [0.15, 0.2) is 0 Å². The first-order valence-corrected chi connectivity index (χ1v) is 7.95. The third-order valence-electron chi connectivity index (χ3n) is 3.03. The molecule has 2 aromatic carbocycles. The van der Waals surface area contributed by atoms with Crippen LogP contribution in [0.1, 0.15) is 5.56 Å². The van der Waals surface area contributed by atoms with Crippen LogP contribution in [-0.4, -0.2) is 22.6 Å². The summed E-state index contributed by atoms with van der Waals surface area (Å²) in [4.78, 5) is 0.167. The van der Waals surface area contributed by atoms with Crippen molar-refractivity contribution in [1.29, 1.82) is 0 Å². The third kappa shape index (κ3) is 3.59. The fraction of sp³-hybridized carbons (Fsp3) is 0.125. The molecule has 22 heavy (non-hydrogen) atoms. The molecule has 0 amide bonds. The van der Waals surface area contributed by atoms with Gasteiger partial charge < -0.3 is 9.47 Å². The Bertz CT molecular complexity index is 745. The van der Waals surface area contributed by atoms with Crippen LogP contribution in [0.25, 0.3) is 6.08 Å². The highest BCUT2D eigenvalue weighted by Crippen LogP contribution is 2.27. The Morgan fingerprint density at radius 2 is 1.55 bits per heavy atom. The fourth-order valence-corrected chi connectivity index (χ4v) is 2.90. The molecule has 2 rings (SSSR count). The van der Waals surface area contributed by atoms with E-state index in [4.69, 9.17) is 9.47 Å². The number of nitrogens with one attached hydrogen (secondary N) is 1. The van der Waals surface area contributed by atoms with Gasteiger partial charge >= 0.3 is 0 Å². The summed E-state index contributed by atoms with van der Waals surface area (Å²) in [5.74, 6) is 0.998. The monoisotopic (exact) mass is 319 g/mol. The first-order valence-electron chi connectivity index (χ1n) is 6.47. The fourth-order valence-electron chi connectivity index (χ4n) is 1.86. The van der Waals surface area contributed by atoms with E-state index < -0.39 is 10.0 Å². The van der Waals surface area contributed by atoms with Gasteiger partial charge in [0, 0.05) is 18.2 Å². The zero-order valence-electron chi connectivity index (χ0n) is 12.4. The zero-order valence-corrected chi connectivity index (χ0v) is 13.2. The molecule has 0 saturated heterocycles. The van der Waals surface area contributed by atoms with Crippen molar-refractivity contribution in [2.24, 2.45) is 0 Å². The Kier molecular flexibility index (Phi) is 4.72. The first kappa shape index (κ1) is 15.9. The molecule has 0 unspecified atom stereocenters. The number of ether oxygens (including phenoxy) is 2. The molecule has 0 radical (unpaired) electrons. The summed E-state index contributed by atoms with van der Waals surface area (Å²) in [6.07, 6.45) is 1.65. The molecule has 0 fully saturated rings. The van der Waals surface area contributed by atoms with E-state index in [1.807, 2.05) is 0 Å². The molecule has 0 aliphatic heterocycles. The Balaban J connectivity index is 2.33. The number of anilines is 1. The van der Waals surface area contributed by atoms with E-state index in [1.165, 1.54) is 26.4 Å². The molecular weight excluding hydrogens is 302 g/mol. The Morgan fingerprint density at radius 1 is 1.00 bits per heavy atom. The SMILES string of the molecule is C=Cc1ccc(S(=O)(=O)Nc2cc(OC)cc(OC)c2)cc1. The zero-order chi connectivity index (χ0) is 16.2. The standard InChI is InChI=1S/C16H17NO4S/c1-4-12-5-7-16(8-6-12)22(18,19)17-13-9-14(20-2)11-15(10-13)21-3/h4-11,17H,1H2,2-3H3. The normalized spacial score (nSPS) is 10.8. The summed E-state index contributed by atoms with van der Waals surface area (Å²) >= 11 is 0. The lowest BCUT2D eigenvalue weighted by molar-refractivity contribution is 0.395. The highest BCUT2D eigenvalue weighted by molar-refractivity contribution is 7.92. The second-order valence-electron chi connectivity index (χ2n) is 4.48. The van der Waals surface area contributed by atoms with Gasteiger partial charge in [-0.15, -0.1) is 0 Å². The molecule has 5 nitrogen and oxygen atoms in total. The highest BCUT2D eigenvalue weighted by atomic mass is 32.2. The molecule has 0 heterocycles. The maximum absolute atomic E-state index is 12.4. The maximum atomic E-state index is 12.4. The molecule has 2 aromatic rings. The van der Waals surface area contributed by atoms with Crippen molar-refractivity contribution in [2.75, 3.05) is 18.9 Å². The van der Waals surface area contributed by atoms with Gasteiger partial charge in [0.1, 0.15) is 11.5 Å². The molecular formula is C16H17NO4S. The molecule has 6 heteroatoms. The molecule has 0 aliphatic rings. The van der Waals surface area contributed by atoms with Gasteiger partial charge in [0.2, 0.25) is 0 Å². The topological polar surface area (TPSA) is 64.6 Å². The number of sulfonamides is 1. The van der Waals surface area contributed by atoms with Crippen molar-refractivity contribution in [1.82, 2.24) is 0 Å². The van der Waals surface area contributed by atoms with Crippen LogP contribution in [0.4, 0.5) is 5.69 Å². The van der Waals surface area contributed by atoms with Crippen molar-refractivity contribution in [3.63, 3.8) is 0 Å². The van der Waals surface area contributed by atoms with E-state index in [0.29, 0.717) is 17.2 Å². The van der Waals surface area contributed by atoms with Crippen LogP contribution in [-0.2, 0) is 10.0 Å². The molecule has 1 N–H and O–H groups in total. The molecule has 0 aromatic heterocycles. The van der Waals surface area contributed by atoms with Gasteiger partial charge in [-0.3, -0.25) is 4.72 Å². The number of hydrogen-bond acceptors (Lipinski definition) is 4. The van der Waals surface area contributed by atoms with Crippen LogP contribution in [0.5, 0.6) is 11.5 Å². The number of benzene rings is 2. The van der Waals surface area contributed by atoms with Gasteiger partial charge in [-0.25, -0.2) is 8.42 Å². The largest absolute Gasteiger partial charge is 0.497 e. The molecule has 116 valence electrons. The van der Waals surface area contributed by atoms with Gasteiger partial charge in [0.25, 0.3) is 10.0 Å². The Hall–Kier alpha value is -2.47. The lowest BCUT2D eigenvalue weighted by atomic mass is 10.2. The molecule has 0 aliphatic carbocycles. The van der Waals surface area contributed by atoms with Gasteiger partial charge in [-0.05, 0) is 17.7 Å². The van der Waals surface area contributed by atoms with E-state index in [9.17, 15) is 8.42 Å². The smallest absolute Gasteiger partial charge is 0.261 e. The van der Waals surface area contributed by atoms with E-state index in [0.717, 1.165) is 5.56 Å². The summed E-state index contributed by atoms with van der Waals surface area (Å²) in [5.41, 5.74) is 1.21. The predicted octanol–water partition coefficient (Wildman–Crippen LogP) is 3.15. The second-order valence-corrected chi connectivity index (χ2v) is 6.16. The molecule has 0 bridgehead atoms. The summed E-state index contributed by atoms with van der Waals surface area (Å²) in [6, 6.07) is 11.3. The Morgan fingerprint density at radius 3 is 2.00 bits per heavy atom. The lowest BCUT2D eigenvalue weighted by Crippen LogP contribution is -2.13. The average molecular weight is 319 g/mol. The van der Waals surface area contributed by atoms with Crippen LogP contribution >= 0.6 is 0 Å². The number of methoxy groups -OCH3 is 2. The second kappa shape index (κ2) is 6.53. The van der Waals surface area contributed by atoms with E-state index in [-0.39, 0.29) is 4.90 Å². The van der Waals surface area contributed by atoms with Gasteiger partial charge in [-0.1, -0.05) is 24.8 Å². The minimum Gasteiger partial charge on any atom is -0.497 e. The third-order valence-corrected chi connectivity index (χ3v) is 4.43.